The number of carbonyl (C=O) groups is 2. The highest BCUT2D eigenvalue weighted by Crippen LogP contribution is 2.38. The van der Waals surface area contributed by atoms with Crippen LogP contribution < -0.4 is 4.74 Å². The molecular formula is C18H23NO4. The zero-order valence-corrected chi connectivity index (χ0v) is 14.1. The summed E-state index contributed by atoms with van der Waals surface area (Å²) < 4.78 is 5.35. The van der Waals surface area contributed by atoms with Crippen LogP contribution in [0.5, 0.6) is 5.88 Å². The van der Waals surface area contributed by atoms with Crippen LogP contribution in [-0.2, 0) is 9.59 Å². The number of Topliss-reactive ketones (excluding diaryl/α,β-unsaturated/α-hetero) is 2. The molecule has 0 atom stereocenters. The first kappa shape index (κ1) is 17.2. The quantitative estimate of drug-likeness (QED) is 0.523. The summed E-state index contributed by atoms with van der Waals surface area (Å²) in [4.78, 5) is 29.1. The van der Waals surface area contributed by atoms with Crippen molar-refractivity contribution in [1.82, 2.24) is 4.98 Å². The highest BCUT2D eigenvalue weighted by atomic mass is 16.5. The second-order valence-electron chi connectivity index (χ2n) is 6.03. The predicted octanol–water partition coefficient (Wildman–Crippen LogP) is 3.33. The Kier molecular flexibility index (Phi) is 5.19. The Morgan fingerprint density at radius 3 is 2.43 bits per heavy atom. The van der Waals surface area contributed by atoms with Crippen LogP contribution >= 0.6 is 0 Å². The number of aryl methyl sites for hydroxylation is 2. The first-order chi connectivity index (χ1) is 10.9. The lowest BCUT2D eigenvalue weighted by atomic mass is 9.78. The first-order valence-corrected chi connectivity index (χ1v) is 7.89. The second kappa shape index (κ2) is 6.94. The van der Waals surface area contributed by atoms with E-state index in [0.29, 0.717) is 18.7 Å². The molecule has 0 amide bonds. The molecule has 124 valence electrons. The monoisotopic (exact) mass is 317 g/mol. The molecule has 0 bridgehead atoms. The Balaban J connectivity index is 2.39. The third-order valence-corrected chi connectivity index (χ3v) is 4.16. The lowest BCUT2D eigenvalue weighted by molar-refractivity contribution is -0.124. The SMILES string of the molecule is CCCC(O)=C1C(=O)CC(c2c(C)cc(C)nc2OC)CC1=O. The minimum absolute atomic E-state index is 0.0141. The highest BCUT2D eigenvalue weighted by Gasteiger charge is 2.35. The van der Waals surface area contributed by atoms with Crippen molar-refractivity contribution in [2.75, 3.05) is 7.11 Å². The summed E-state index contributed by atoms with van der Waals surface area (Å²) >= 11 is 0. The number of rotatable bonds is 4. The van der Waals surface area contributed by atoms with E-state index in [4.69, 9.17) is 4.74 Å². The first-order valence-electron chi connectivity index (χ1n) is 7.89. The standard InChI is InChI=1S/C18H23NO4/c1-5-6-13(20)17-14(21)8-12(9-15(17)22)16-10(2)7-11(3)19-18(16)23-4/h7,12,20H,5-6,8-9H2,1-4H3. The molecule has 2 rings (SSSR count). The summed E-state index contributed by atoms with van der Waals surface area (Å²) in [5, 5.41) is 9.96. The van der Waals surface area contributed by atoms with Crippen LogP contribution in [0.4, 0.5) is 0 Å². The molecule has 0 saturated heterocycles. The molecule has 1 aliphatic carbocycles. The van der Waals surface area contributed by atoms with Crippen molar-refractivity contribution in [2.45, 2.75) is 52.4 Å². The number of aliphatic hydroxyl groups is 1. The minimum Gasteiger partial charge on any atom is -0.511 e. The van der Waals surface area contributed by atoms with Gasteiger partial charge in [0.25, 0.3) is 0 Å². The average molecular weight is 317 g/mol. The van der Waals surface area contributed by atoms with E-state index < -0.39 is 0 Å². The summed E-state index contributed by atoms with van der Waals surface area (Å²) in [6.45, 7) is 5.70. The lowest BCUT2D eigenvalue weighted by Crippen LogP contribution is -2.27. The minimum atomic E-state index is -0.292. The summed E-state index contributed by atoms with van der Waals surface area (Å²) in [5.74, 6) is -0.445. The molecule has 1 aromatic rings. The van der Waals surface area contributed by atoms with E-state index >= 15 is 0 Å². The van der Waals surface area contributed by atoms with Crippen molar-refractivity contribution in [2.24, 2.45) is 0 Å². The molecule has 0 spiro atoms. The van der Waals surface area contributed by atoms with Gasteiger partial charge in [0.15, 0.2) is 11.6 Å². The van der Waals surface area contributed by atoms with Crippen LogP contribution in [0.25, 0.3) is 0 Å². The maximum atomic E-state index is 12.4. The number of allylic oxidation sites excluding steroid dienone is 2. The maximum Gasteiger partial charge on any atom is 0.217 e. The number of carbonyl (C=O) groups excluding carboxylic acids is 2. The van der Waals surface area contributed by atoms with Gasteiger partial charge in [0.1, 0.15) is 5.76 Å². The van der Waals surface area contributed by atoms with E-state index in [-0.39, 0.29) is 41.7 Å². The number of aliphatic hydroxyl groups excluding tert-OH is 1. The predicted molar refractivity (Wildman–Crippen MR) is 86.8 cm³/mol. The van der Waals surface area contributed by atoms with Crippen LogP contribution in [0.2, 0.25) is 0 Å². The molecule has 0 unspecified atom stereocenters. The van der Waals surface area contributed by atoms with Crippen molar-refractivity contribution in [3.63, 3.8) is 0 Å². The molecule has 1 heterocycles. The van der Waals surface area contributed by atoms with Crippen LogP contribution in [0.3, 0.4) is 0 Å². The molecule has 1 aliphatic rings. The van der Waals surface area contributed by atoms with E-state index in [9.17, 15) is 14.7 Å². The zero-order chi connectivity index (χ0) is 17.1. The van der Waals surface area contributed by atoms with Crippen LogP contribution in [0.1, 0.15) is 55.3 Å². The van der Waals surface area contributed by atoms with Gasteiger partial charge in [0.2, 0.25) is 5.88 Å². The van der Waals surface area contributed by atoms with Crippen LogP contribution in [0.15, 0.2) is 17.4 Å². The number of ketones is 2. The van der Waals surface area contributed by atoms with E-state index in [1.807, 2.05) is 26.8 Å². The van der Waals surface area contributed by atoms with Gasteiger partial charge in [0, 0.05) is 36.4 Å². The number of nitrogens with zero attached hydrogens (tertiary/aromatic N) is 1. The van der Waals surface area contributed by atoms with Gasteiger partial charge >= 0.3 is 0 Å². The maximum absolute atomic E-state index is 12.4. The van der Waals surface area contributed by atoms with Gasteiger partial charge in [-0.25, -0.2) is 4.98 Å². The molecule has 0 aromatic carbocycles. The second-order valence-corrected chi connectivity index (χ2v) is 6.03. The van der Waals surface area contributed by atoms with Gasteiger partial charge in [-0.1, -0.05) is 6.92 Å². The molecule has 1 N–H and O–H groups in total. The zero-order valence-electron chi connectivity index (χ0n) is 14.1. The van der Waals surface area contributed by atoms with Crippen molar-refractivity contribution >= 4 is 11.6 Å². The molecular weight excluding hydrogens is 294 g/mol. The summed E-state index contributed by atoms with van der Waals surface area (Å²) in [7, 11) is 1.54. The van der Waals surface area contributed by atoms with Crippen molar-refractivity contribution in [3.05, 3.63) is 34.2 Å². The van der Waals surface area contributed by atoms with Gasteiger partial charge in [0.05, 0.1) is 12.7 Å². The van der Waals surface area contributed by atoms with Gasteiger partial charge in [-0.2, -0.15) is 0 Å². The van der Waals surface area contributed by atoms with Crippen LogP contribution in [0, 0.1) is 13.8 Å². The Morgan fingerprint density at radius 2 is 1.91 bits per heavy atom. The molecule has 0 radical (unpaired) electrons. The number of hydrogen-bond acceptors (Lipinski definition) is 5. The number of hydrogen-bond donors (Lipinski definition) is 1. The topological polar surface area (TPSA) is 76.5 Å². The lowest BCUT2D eigenvalue weighted by Gasteiger charge is -2.25. The average Bonchev–Trinajstić information content (AvgIpc) is 2.45. The third kappa shape index (κ3) is 3.44. The van der Waals surface area contributed by atoms with Gasteiger partial charge in [-0.05, 0) is 31.9 Å². The summed E-state index contributed by atoms with van der Waals surface area (Å²) in [6, 6.07) is 1.92. The molecule has 1 fully saturated rings. The van der Waals surface area contributed by atoms with E-state index in [0.717, 1.165) is 16.8 Å². The molecule has 0 aliphatic heterocycles. The number of methoxy groups -OCH3 is 1. The highest BCUT2D eigenvalue weighted by molar-refractivity contribution is 6.22. The molecule has 5 heteroatoms. The molecule has 1 saturated carbocycles. The number of ether oxygens (including phenoxy) is 1. The Morgan fingerprint density at radius 1 is 1.30 bits per heavy atom. The summed E-state index contributed by atoms with van der Waals surface area (Å²) in [5.41, 5.74) is 2.59. The smallest absolute Gasteiger partial charge is 0.217 e. The van der Waals surface area contributed by atoms with Crippen molar-refractivity contribution < 1.29 is 19.4 Å². The summed E-state index contributed by atoms with van der Waals surface area (Å²) in [6.07, 6.45) is 1.42. The number of aromatic nitrogens is 1. The largest absolute Gasteiger partial charge is 0.511 e. The molecule has 23 heavy (non-hydrogen) atoms. The van der Waals surface area contributed by atoms with E-state index in [1.165, 1.54) is 7.11 Å². The Hall–Kier alpha value is -2.17. The van der Waals surface area contributed by atoms with E-state index in [1.54, 1.807) is 0 Å². The van der Waals surface area contributed by atoms with Gasteiger partial charge in [-0.3, -0.25) is 9.59 Å². The fraction of sp³-hybridized carbons (Fsp3) is 0.500. The number of pyridine rings is 1. The van der Waals surface area contributed by atoms with Gasteiger partial charge < -0.3 is 9.84 Å². The Bertz CT molecular complexity index is 656. The molecule has 1 aromatic heterocycles. The third-order valence-electron chi connectivity index (χ3n) is 4.16. The van der Waals surface area contributed by atoms with E-state index in [2.05, 4.69) is 4.98 Å². The normalized spacial score (nSPS) is 18.3. The Labute approximate surface area is 136 Å². The van der Waals surface area contributed by atoms with Crippen LogP contribution in [-0.4, -0.2) is 28.8 Å². The van der Waals surface area contributed by atoms with Crippen molar-refractivity contribution in [1.29, 1.82) is 0 Å². The van der Waals surface area contributed by atoms with Gasteiger partial charge in [-0.15, -0.1) is 0 Å². The molecule has 5 nitrogen and oxygen atoms in total. The fourth-order valence-electron chi connectivity index (χ4n) is 3.23. The van der Waals surface area contributed by atoms with Crippen molar-refractivity contribution in [3.8, 4) is 5.88 Å². The fourth-order valence-corrected chi connectivity index (χ4v) is 3.23.